The van der Waals surface area contributed by atoms with Gasteiger partial charge in [-0.3, -0.25) is 9.48 Å². The van der Waals surface area contributed by atoms with Crippen LogP contribution in [0.15, 0.2) is 29.5 Å². The lowest BCUT2D eigenvalue weighted by Crippen LogP contribution is -2.05. The Kier molecular flexibility index (Phi) is 1.70. The van der Waals surface area contributed by atoms with Gasteiger partial charge in [-0.1, -0.05) is 0 Å². The van der Waals surface area contributed by atoms with E-state index in [9.17, 15) is 4.79 Å². The van der Waals surface area contributed by atoms with Gasteiger partial charge in [-0.15, -0.1) is 0 Å². The minimum atomic E-state index is -0.158. The maximum atomic E-state index is 10.9. The van der Waals surface area contributed by atoms with E-state index < -0.39 is 0 Å². The van der Waals surface area contributed by atoms with Gasteiger partial charge in [-0.25, -0.2) is 4.98 Å². The number of hydrogen-bond acceptors (Lipinski definition) is 3. The summed E-state index contributed by atoms with van der Waals surface area (Å²) in [5, 5.41) is 3.98. The first-order valence-corrected chi connectivity index (χ1v) is 3.80. The molecule has 5 nitrogen and oxygen atoms in total. The Labute approximate surface area is 74.1 Å². The van der Waals surface area contributed by atoms with Gasteiger partial charge in [0.2, 0.25) is 0 Å². The minimum absolute atomic E-state index is 0.158. The second-order valence-electron chi connectivity index (χ2n) is 2.69. The summed E-state index contributed by atoms with van der Waals surface area (Å²) in [5.74, 6) is 0.542. The van der Waals surface area contributed by atoms with E-state index in [4.69, 9.17) is 0 Å². The molecule has 0 radical (unpaired) electrons. The van der Waals surface area contributed by atoms with Crippen molar-refractivity contribution in [1.29, 1.82) is 0 Å². The van der Waals surface area contributed by atoms with Gasteiger partial charge in [-0.05, 0) is 0 Å². The van der Waals surface area contributed by atoms with Gasteiger partial charge in [-0.2, -0.15) is 5.10 Å². The molecule has 66 valence electrons. The lowest BCUT2D eigenvalue weighted by atomic mass is 10.3. The molecule has 0 unspecified atom stereocenters. The zero-order chi connectivity index (χ0) is 9.26. The van der Waals surface area contributed by atoms with Crippen LogP contribution in [0.1, 0.15) is 0 Å². The van der Waals surface area contributed by atoms with Crippen molar-refractivity contribution in [1.82, 2.24) is 19.7 Å². The van der Waals surface area contributed by atoms with Gasteiger partial charge in [0.1, 0.15) is 5.82 Å². The van der Waals surface area contributed by atoms with E-state index >= 15 is 0 Å². The van der Waals surface area contributed by atoms with Crippen LogP contribution in [0.25, 0.3) is 11.4 Å². The topological polar surface area (TPSA) is 63.6 Å². The molecule has 0 fully saturated rings. The Bertz CT molecular complexity index is 471. The molecule has 0 aliphatic carbocycles. The van der Waals surface area contributed by atoms with Crippen molar-refractivity contribution >= 4 is 0 Å². The number of hydrogen-bond donors (Lipinski definition) is 1. The maximum absolute atomic E-state index is 10.9. The first-order valence-electron chi connectivity index (χ1n) is 3.80. The number of rotatable bonds is 1. The minimum Gasteiger partial charge on any atom is -0.306 e. The Morgan fingerprint density at radius 3 is 3.00 bits per heavy atom. The highest BCUT2D eigenvalue weighted by molar-refractivity contribution is 5.51. The fraction of sp³-hybridized carbons (Fsp3) is 0.125. The van der Waals surface area contributed by atoms with E-state index in [2.05, 4.69) is 15.1 Å². The molecule has 2 aromatic rings. The van der Waals surface area contributed by atoms with Crippen LogP contribution in [-0.2, 0) is 7.05 Å². The second-order valence-corrected chi connectivity index (χ2v) is 2.69. The molecule has 0 saturated heterocycles. The molecular weight excluding hydrogens is 168 g/mol. The molecule has 5 heteroatoms. The predicted molar refractivity (Wildman–Crippen MR) is 47.1 cm³/mol. The van der Waals surface area contributed by atoms with Crippen LogP contribution in [0.4, 0.5) is 0 Å². The molecule has 0 aliphatic rings. The standard InChI is InChI=1S/C8H8N4O/c1-12-5-6(4-10-12)8-9-3-2-7(13)11-8/h2-5H,1H3,(H,9,11,13). The zero-order valence-corrected chi connectivity index (χ0v) is 7.06. The van der Waals surface area contributed by atoms with Gasteiger partial charge < -0.3 is 4.98 Å². The number of aromatic amines is 1. The van der Waals surface area contributed by atoms with Crippen LogP contribution < -0.4 is 5.56 Å². The van der Waals surface area contributed by atoms with E-state index in [-0.39, 0.29) is 5.56 Å². The van der Waals surface area contributed by atoms with Gasteiger partial charge in [0, 0.05) is 25.5 Å². The third-order valence-electron chi connectivity index (χ3n) is 1.65. The summed E-state index contributed by atoms with van der Waals surface area (Å²) in [7, 11) is 1.81. The molecule has 0 amide bonds. The maximum Gasteiger partial charge on any atom is 0.251 e. The predicted octanol–water partition coefficient (Wildman–Crippen LogP) is 0.170. The number of nitrogens with one attached hydrogen (secondary N) is 1. The summed E-state index contributed by atoms with van der Waals surface area (Å²) in [4.78, 5) is 17.6. The molecule has 2 rings (SSSR count). The van der Waals surface area contributed by atoms with Crippen molar-refractivity contribution in [3.63, 3.8) is 0 Å². The van der Waals surface area contributed by atoms with Crippen LogP contribution in [-0.4, -0.2) is 19.7 Å². The first-order chi connectivity index (χ1) is 6.25. The molecule has 0 aliphatic heterocycles. The molecular formula is C8H8N4O. The quantitative estimate of drug-likeness (QED) is 0.673. The Morgan fingerprint density at radius 2 is 2.38 bits per heavy atom. The van der Waals surface area contributed by atoms with Crippen LogP contribution in [0.5, 0.6) is 0 Å². The normalized spacial score (nSPS) is 10.2. The molecule has 0 atom stereocenters. The molecule has 1 N–H and O–H groups in total. The monoisotopic (exact) mass is 176 g/mol. The van der Waals surface area contributed by atoms with E-state index in [1.165, 1.54) is 12.3 Å². The van der Waals surface area contributed by atoms with Crippen molar-refractivity contribution in [2.24, 2.45) is 7.05 Å². The van der Waals surface area contributed by atoms with Crippen molar-refractivity contribution in [3.8, 4) is 11.4 Å². The Hall–Kier alpha value is -1.91. The van der Waals surface area contributed by atoms with E-state index in [1.807, 2.05) is 7.05 Å². The number of aromatic nitrogens is 4. The average Bonchev–Trinajstić information content (AvgIpc) is 2.52. The summed E-state index contributed by atoms with van der Waals surface area (Å²) in [6.45, 7) is 0. The Balaban J connectivity index is 2.52. The van der Waals surface area contributed by atoms with Crippen molar-refractivity contribution in [2.75, 3.05) is 0 Å². The lowest BCUT2D eigenvalue weighted by molar-refractivity contribution is 0.768. The highest BCUT2D eigenvalue weighted by Gasteiger charge is 2.00. The summed E-state index contributed by atoms with van der Waals surface area (Å²) in [5.41, 5.74) is 0.647. The molecule has 2 aromatic heterocycles. The van der Waals surface area contributed by atoms with Crippen LogP contribution in [0, 0.1) is 0 Å². The van der Waals surface area contributed by atoms with E-state index in [1.54, 1.807) is 17.1 Å². The molecule has 13 heavy (non-hydrogen) atoms. The Morgan fingerprint density at radius 1 is 1.54 bits per heavy atom. The van der Waals surface area contributed by atoms with Crippen molar-refractivity contribution in [2.45, 2.75) is 0 Å². The number of H-pyrrole nitrogens is 1. The fourth-order valence-electron chi connectivity index (χ4n) is 1.06. The summed E-state index contributed by atoms with van der Waals surface area (Å²) >= 11 is 0. The molecule has 0 bridgehead atoms. The van der Waals surface area contributed by atoms with Crippen LogP contribution in [0.3, 0.4) is 0 Å². The summed E-state index contributed by atoms with van der Waals surface area (Å²) in [6.07, 6.45) is 4.91. The highest BCUT2D eigenvalue weighted by Crippen LogP contribution is 2.09. The smallest absolute Gasteiger partial charge is 0.251 e. The van der Waals surface area contributed by atoms with Gasteiger partial charge in [0.25, 0.3) is 5.56 Å². The van der Waals surface area contributed by atoms with Crippen LogP contribution in [0.2, 0.25) is 0 Å². The van der Waals surface area contributed by atoms with Gasteiger partial charge in [0.05, 0.1) is 11.8 Å². The van der Waals surface area contributed by atoms with Crippen molar-refractivity contribution < 1.29 is 0 Å². The van der Waals surface area contributed by atoms with Gasteiger partial charge >= 0.3 is 0 Å². The third kappa shape index (κ3) is 1.48. The second kappa shape index (κ2) is 2.85. The van der Waals surface area contributed by atoms with Crippen molar-refractivity contribution in [3.05, 3.63) is 35.0 Å². The molecule has 2 heterocycles. The summed E-state index contributed by atoms with van der Waals surface area (Å²) < 4.78 is 1.66. The number of aryl methyl sites for hydroxylation is 1. The third-order valence-corrected chi connectivity index (χ3v) is 1.65. The number of nitrogens with zero attached hydrogens (tertiary/aromatic N) is 3. The highest BCUT2D eigenvalue weighted by atomic mass is 16.1. The molecule has 0 aromatic carbocycles. The zero-order valence-electron chi connectivity index (χ0n) is 7.06. The SMILES string of the molecule is Cn1cc(-c2nccc(=O)[nH]2)cn1. The molecule has 0 spiro atoms. The summed E-state index contributed by atoms with van der Waals surface area (Å²) in [6, 6.07) is 1.37. The van der Waals surface area contributed by atoms with E-state index in [0.29, 0.717) is 5.82 Å². The lowest BCUT2D eigenvalue weighted by Gasteiger charge is -1.92. The first kappa shape index (κ1) is 7.72. The average molecular weight is 176 g/mol. The van der Waals surface area contributed by atoms with E-state index in [0.717, 1.165) is 5.56 Å². The van der Waals surface area contributed by atoms with Gasteiger partial charge in [0.15, 0.2) is 0 Å². The molecule has 0 saturated carbocycles. The van der Waals surface area contributed by atoms with Crippen LogP contribution >= 0.6 is 0 Å². The largest absolute Gasteiger partial charge is 0.306 e. The fourth-order valence-corrected chi connectivity index (χ4v) is 1.06.